The Morgan fingerprint density at radius 3 is 1.36 bits per heavy atom. The van der Waals surface area contributed by atoms with Gasteiger partial charge < -0.3 is 16.4 Å². The van der Waals surface area contributed by atoms with Crippen molar-refractivity contribution in [3.8, 4) is 0 Å². The molecule has 0 aliphatic carbocycles. The number of nitrogens with one attached hydrogen (secondary N) is 2. The van der Waals surface area contributed by atoms with Crippen molar-refractivity contribution in [2.75, 3.05) is 13.1 Å². The predicted molar refractivity (Wildman–Crippen MR) is 95.6 cm³/mol. The van der Waals surface area contributed by atoms with Crippen LogP contribution in [0.15, 0.2) is 60.7 Å². The van der Waals surface area contributed by atoms with Gasteiger partial charge in [0.1, 0.15) is 0 Å². The van der Waals surface area contributed by atoms with Crippen LogP contribution in [-0.4, -0.2) is 19.1 Å². The molecule has 0 radical (unpaired) electrons. The van der Waals surface area contributed by atoms with Crippen molar-refractivity contribution in [1.82, 2.24) is 10.6 Å². The Kier molecular flexibility index (Phi) is 9.96. The van der Waals surface area contributed by atoms with E-state index < -0.39 is 0 Å². The molecule has 2 aromatic rings. The van der Waals surface area contributed by atoms with Gasteiger partial charge >= 0.3 is 0 Å². The van der Waals surface area contributed by atoms with E-state index in [9.17, 15) is 0 Å². The van der Waals surface area contributed by atoms with Gasteiger partial charge in [0.05, 0.1) is 0 Å². The summed E-state index contributed by atoms with van der Waals surface area (Å²) in [6.07, 6.45) is 0. The first-order valence-electron chi connectivity index (χ1n) is 7.93. The van der Waals surface area contributed by atoms with Crippen molar-refractivity contribution in [1.29, 1.82) is 0 Å². The SMILES string of the molecule is CC(C)N.c1ccc(CNCCNCc2ccccc2)cc1. The summed E-state index contributed by atoms with van der Waals surface area (Å²) in [5.74, 6) is 0. The smallest absolute Gasteiger partial charge is 0.0206 e. The van der Waals surface area contributed by atoms with Gasteiger partial charge in [-0.3, -0.25) is 0 Å². The molecule has 0 saturated carbocycles. The number of hydrogen-bond acceptors (Lipinski definition) is 3. The quantitative estimate of drug-likeness (QED) is 0.689. The molecule has 2 aromatic carbocycles. The molecular formula is C19H29N3. The van der Waals surface area contributed by atoms with E-state index in [0.29, 0.717) is 6.04 Å². The summed E-state index contributed by atoms with van der Waals surface area (Å²) >= 11 is 0. The minimum Gasteiger partial charge on any atom is -0.328 e. The van der Waals surface area contributed by atoms with Crippen molar-refractivity contribution in [2.45, 2.75) is 33.0 Å². The first kappa shape index (κ1) is 18.4. The van der Waals surface area contributed by atoms with E-state index in [4.69, 9.17) is 5.73 Å². The molecule has 4 N–H and O–H groups in total. The van der Waals surface area contributed by atoms with Crippen molar-refractivity contribution in [3.05, 3.63) is 71.8 Å². The maximum absolute atomic E-state index is 5.11. The highest BCUT2D eigenvalue weighted by Crippen LogP contribution is 1.97. The lowest BCUT2D eigenvalue weighted by Gasteiger charge is -2.06. The molecule has 0 fully saturated rings. The molecule has 3 nitrogen and oxygen atoms in total. The van der Waals surface area contributed by atoms with Crippen LogP contribution in [0.25, 0.3) is 0 Å². The third kappa shape index (κ3) is 10.1. The average molecular weight is 299 g/mol. The van der Waals surface area contributed by atoms with Crippen LogP contribution in [0.1, 0.15) is 25.0 Å². The zero-order chi connectivity index (χ0) is 16.0. The van der Waals surface area contributed by atoms with Gasteiger partial charge in [-0.15, -0.1) is 0 Å². The van der Waals surface area contributed by atoms with Crippen molar-refractivity contribution < 1.29 is 0 Å². The summed E-state index contributed by atoms with van der Waals surface area (Å²) in [5.41, 5.74) is 7.78. The predicted octanol–water partition coefficient (Wildman–Crippen LogP) is 2.92. The third-order valence-corrected chi connectivity index (χ3v) is 2.82. The highest BCUT2D eigenvalue weighted by Gasteiger charge is 1.92. The average Bonchev–Trinajstić information content (AvgIpc) is 2.52. The van der Waals surface area contributed by atoms with Gasteiger partial charge in [0.25, 0.3) is 0 Å². The molecule has 0 atom stereocenters. The molecule has 0 aliphatic rings. The Labute approximate surface area is 134 Å². The third-order valence-electron chi connectivity index (χ3n) is 2.82. The minimum atomic E-state index is 0.333. The fraction of sp³-hybridized carbons (Fsp3) is 0.368. The summed E-state index contributed by atoms with van der Waals surface area (Å²) in [4.78, 5) is 0. The van der Waals surface area contributed by atoms with E-state index in [1.165, 1.54) is 11.1 Å². The molecule has 0 unspecified atom stereocenters. The van der Waals surface area contributed by atoms with Gasteiger partial charge in [0.15, 0.2) is 0 Å². The Bertz CT molecular complexity index is 422. The molecule has 0 aromatic heterocycles. The standard InChI is InChI=1S/C16H20N2.C3H9N/c1-3-7-15(8-4-1)13-17-11-12-18-14-16-9-5-2-6-10-16;1-3(2)4/h1-10,17-18H,11-14H2;3H,4H2,1-2H3. The summed E-state index contributed by atoms with van der Waals surface area (Å²) in [6, 6.07) is 21.3. The van der Waals surface area contributed by atoms with Crippen LogP contribution in [0.4, 0.5) is 0 Å². The van der Waals surface area contributed by atoms with Crippen LogP contribution in [0.3, 0.4) is 0 Å². The second-order valence-corrected chi connectivity index (χ2v) is 5.57. The molecule has 0 amide bonds. The molecule has 3 heteroatoms. The minimum absolute atomic E-state index is 0.333. The maximum atomic E-state index is 5.11. The first-order chi connectivity index (χ1) is 10.7. The molecule has 0 heterocycles. The van der Waals surface area contributed by atoms with Crippen molar-refractivity contribution >= 4 is 0 Å². The van der Waals surface area contributed by atoms with Crippen molar-refractivity contribution in [3.63, 3.8) is 0 Å². The van der Waals surface area contributed by atoms with Gasteiger partial charge in [-0.2, -0.15) is 0 Å². The summed E-state index contributed by atoms with van der Waals surface area (Å²) in [5, 5.41) is 6.85. The maximum Gasteiger partial charge on any atom is 0.0206 e. The molecule has 0 bridgehead atoms. The summed E-state index contributed by atoms with van der Waals surface area (Å²) in [7, 11) is 0. The van der Waals surface area contributed by atoms with Crippen LogP contribution < -0.4 is 16.4 Å². The van der Waals surface area contributed by atoms with Crippen LogP contribution in [-0.2, 0) is 13.1 Å². The summed E-state index contributed by atoms with van der Waals surface area (Å²) in [6.45, 7) is 7.74. The summed E-state index contributed by atoms with van der Waals surface area (Å²) < 4.78 is 0. The van der Waals surface area contributed by atoms with Gasteiger partial charge in [0, 0.05) is 26.2 Å². The fourth-order valence-corrected chi connectivity index (χ4v) is 1.83. The zero-order valence-corrected chi connectivity index (χ0v) is 13.8. The normalized spacial score (nSPS) is 10.2. The van der Waals surface area contributed by atoms with Crippen LogP contribution in [0, 0.1) is 0 Å². The topological polar surface area (TPSA) is 50.1 Å². The van der Waals surface area contributed by atoms with Crippen LogP contribution in [0.5, 0.6) is 0 Å². The largest absolute Gasteiger partial charge is 0.328 e. The first-order valence-corrected chi connectivity index (χ1v) is 7.93. The Morgan fingerprint density at radius 2 is 1.05 bits per heavy atom. The number of nitrogens with two attached hydrogens (primary N) is 1. The molecule has 0 saturated heterocycles. The van der Waals surface area contributed by atoms with E-state index in [1.807, 2.05) is 26.0 Å². The number of benzene rings is 2. The molecule has 0 spiro atoms. The van der Waals surface area contributed by atoms with Crippen LogP contribution in [0.2, 0.25) is 0 Å². The molecule has 0 aliphatic heterocycles. The number of hydrogen-bond donors (Lipinski definition) is 3. The zero-order valence-electron chi connectivity index (χ0n) is 13.8. The lowest BCUT2D eigenvalue weighted by molar-refractivity contribution is 0.611. The lowest BCUT2D eigenvalue weighted by Crippen LogP contribution is -2.26. The van der Waals surface area contributed by atoms with Crippen molar-refractivity contribution in [2.24, 2.45) is 5.73 Å². The molecule has 22 heavy (non-hydrogen) atoms. The van der Waals surface area contributed by atoms with Crippen LogP contribution >= 0.6 is 0 Å². The van der Waals surface area contributed by atoms with E-state index in [2.05, 4.69) is 59.2 Å². The Hall–Kier alpha value is -1.68. The lowest BCUT2D eigenvalue weighted by atomic mass is 10.2. The van der Waals surface area contributed by atoms with E-state index >= 15 is 0 Å². The van der Waals surface area contributed by atoms with Gasteiger partial charge in [-0.1, -0.05) is 74.5 Å². The monoisotopic (exact) mass is 299 g/mol. The highest BCUT2D eigenvalue weighted by molar-refractivity contribution is 5.15. The molecular weight excluding hydrogens is 270 g/mol. The highest BCUT2D eigenvalue weighted by atomic mass is 14.9. The van der Waals surface area contributed by atoms with Gasteiger partial charge in [-0.05, 0) is 17.2 Å². The second-order valence-electron chi connectivity index (χ2n) is 5.57. The van der Waals surface area contributed by atoms with Gasteiger partial charge in [0.2, 0.25) is 0 Å². The Balaban J connectivity index is 0.000000541. The van der Waals surface area contributed by atoms with E-state index in [-0.39, 0.29) is 0 Å². The number of rotatable bonds is 7. The Morgan fingerprint density at radius 1 is 0.727 bits per heavy atom. The molecule has 2 rings (SSSR count). The van der Waals surface area contributed by atoms with E-state index in [1.54, 1.807) is 0 Å². The second kappa shape index (κ2) is 11.9. The fourth-order valence-electron chi connectivity index (χ4n) is 1.83. The molecule has 120 valence electrons. The van der Waals surface area contributed by atoms with E-state index in [0.717, 1.165) is 26.2 Å². The van der Waals surface area contributed by atoms with Gasteiger partial charge in [-0.25, -0.2) is 0 Å².